The average Bonchev–Trinajstić information content (AvgIpc) is 3.28. The molecule has 8 heteroatoms. The summed E-state index contributed by atoms with van der Waals surface area (Å²) in [6.45, 7) is 0. The van der Waals surface area contributed by atoms with Crippen molar-refractivity contribution in [3.8, 4) is 11.5 Å². The number of rotatable bonds is 12. The smallest absolute Gasteiger partial charge is 0.143 e. The molecule has 222 valence electrons. The van der Waals surface area contributed by atoms with Gasteiger partial charge in [-0.2, -0.15) is 20.4 Å². The number of aromatic nitrogens is 4. The van der Waals surface area contributed by atoms with Gasteiger partial charge in [-0.3, -0.25) is 9.59 Å². The molecule has 0 N–H and O–H groups in total. The fraction of sp³-hybridized carbons (Fsp3) is 0.371. The summed E-state index contributed by atoms with van der Waals surface area (Å²) in [6.07, 6.45) is 6.42. The molecule has 1 aliphatic rings. The zero-order valence-corrected chi connectivity index (χ0v) is 24.9. The van der Waals surface area contributed by atoms with Gasteiger partial charge in [0.25, 0.3) is 0 Å². The van der Waals surface area contributed by atoms with Crippen molar-refractivity contribution in [2.24, 2.45) is 0 Å². The van der Waals surface area contributed by atoms with Crippen molar-refractivity contribution < 1.29 is 19.1 Å². The average molecular weight is 579 g/mol. The maximum Gasteiger partial charge on any atom is 0.143 e. The minimum atomic E-state index is 0.0915. The number of Topliss-reactive ketones (excluding diaryl/α,β-unsaturated/α-hetero) is 2. The minimum absolute atomic E-state index is 0.0915. The molecule has 43 heavy (non-hydrogen) atoms. The van der Waals surface area contributed by atoms with Crippen LogP contribution in [0.4, 0.5) is 0 Å². The highest BCUT2D eigenvalue weighted by atomic mass is 16.5. The van der Waals surface area contributed by atoms with Gasteiger partial charge in [0, 0.05) is 24.7 Å². The molecule has 1 fully saturated rings. The number of nitrogens with zero attached hydrogens (tertiary/aromatic N) is 4. The van der Waals surface area contributed by atoms with Crippen LogP contribution in [-0.2, 0) is 35.3 Å². The Kier molecular flexibility index (Phi) is 10.2. The fourth-order valence-electron chi connectivity index (χ4n) is 5.81. The van der Waals surface area contributed by atoms with E-state index in [0.29, 0.717) is 24.2 Å². The van der Waals surface area contributed by atoms with Gasteiger partial charge in [0.15, 0.2) is 0 Å². The Morgan fingerprint density at radius 3 is 1.49 bits per heavy atom. The normalized spacial score (nSPS) is 16.7. The number of hydrogen-bond acceptors (Lipinski definition) is 8. The second-order valence-electron chi connectivity index (χ2n) is 11.3. The summed E-state index contributed by atoms with van der Waals surface area (Å²) >= 11 is 0. The molecule has 2 heterocycles. The second-order valence-corrected chi connectivity index (χ2v) is 11.3. The van der Waals surface area contributed by atoms with Gasteiger partial charge < -0.3 is 9.47 Å². The minimum Gasteiger partial charge on any atom is -0.497 e. The van der Waals surface area contributed by atoms with Crippen LogP contribution in [0.1, 0.15) is 77.8 Å². The maximum atomic E-state index is 12.7. The summed E-state index contributed by atoms with van der Waals surface area (Å²) in [5, 5.41) is 17.9. The van der Waals surface area contributed by atoms with Crippen LogP contribution >= 0.6 is 0 Å². The largest absolute Gasteiger partial charge is 0.497 e. The third kappa shape index (κ3) is 8.53. The number of hydrogen-bond donors (Lipinski definition) is 0. The van der Waals surface area contributed by atoms with Gasteiger partial charge in [-0.25, -0.2) is 0 Å². The topological polar surface area (TPSA) is 104 Å². The Morgan fingerprint density at radius 1 is 0.628 bits per heavy atom. The first-order chi connectivity index (χ1) is 21.0. The molecule has 0 amide bonds. The van der Waals surface area contributed by atoms with Crippen molar-refractivity contribution in [1.29, 1.82) is 0 Å². The fourth-order valence-corrected chi connectivity index (χ4v) is 5.81. The molecule has 1 saturated carbocycles. The molecule has 0 unspecified atom stereocenters. The van der Waals surface area contributed by atoms with Gasteiger partial charge in [0.1, 0.15) is 23.1 Å². The van der Waals surface area contributed by atoms with Crippen molar-refractivity contribution in [2.75, 3.05) is 14.2 Å². The van der Waals surface area contributed by atoms with E-state index in [-0.39, 0.29) is 36.2 Å². The monoisotopic (exact) mass is 578 g/mol. The standard InChI is InChI=1S/C35H38N4O4/c1-42-32-11-5-7-24(19-32)17-30(40)22-28-13-15-34(38-36-28)26-9-3-4-10-27(21-26)35-16-14-29(37-39-35)23-31(41)18-25-8-6-12-33(20-25)43-2/h5-8,11-16,19-20,26-27H,3-4,9-10,17-18,21-23H2,1-2H3/t26-,27-/m1/s1. The van der Waals surface area contributed by atoms with Gasteiger partial charge in [-0.1, -0.05) is 37.1 Å². The maximum absolute atomic E-state index is 12.7. The molecular formula is C35H38N4O4. The molecule has 4 aromatic rings. The van der Waals surface area contributed by atoms with E-state index < -0.39 is 0 Å². The van der Waals surface area contributed by atoms with Crippen molar-refractivity contribution >= 4 is 11.6 Å². The number of ether oxygens (including phenoxy) is 2. The summed E-state index contributed by atoms with van der Waals surface area (Å²) in [4.78, 5) is 25.3. The van der Waals surface area contributed by atoms with Crippen LogP contribution in [0.25, 0.3) is 0 Å². The van der Waals surface area contributed by atoms with Crippen molar-refractivity contribution in [1.82, 2.24) is 20.4 Å². The first kappa shape index (κ1) is 30.0. The van der Waals surface area contributed by atoms with E-state index in [1.54, 1.807) is 14.2 Å². The highest BCUT2D eigenvalue weighted by Crippen LogP contribution is 2.38. The second kappa shape index (κ2) is 14.6. The molecule has 0 aliphatic heterocycles. The zero-order valence-electron chi connectivity index (χ0n) is 24.9. The predicted molar refractivity (Wildman–Crippen MR) is 163 cm³/mol. The summed E-state index contributed by atoms with van der Waals surface area (Å²) < 4.78 is 10.5. The Hall–Kier alpha value is -4.46. The van der Waals surface area contributed by atoms with Gasteiger partial charge in [-0.05, 0) is 78.9 Å². The molecule has 2 aromatic carbocycles. The molecular weight excluding hydrogens is 540 g/mol. The van der Waals surface area contributed by atoms with E-state index >= 15 is 0 Å². The summed E-state index contributed by atoms with van der Waals surface area (Å²) in [5.74, 6) is 2.21. The van der Waals surface area contributed by atoms with E-state index in [0.717, 1.165) is 66.1 Å². The van der Waals surface area contributed by atoms with E-state index in [9.17, 15) is 9.59 Å². The summed E-state index contributed by atoms with van der Waals surface area (Å²) in [7, 11) is 3.24. The first-order valence-corrected chi connectivity index (χ1v) is 14.9. The molecule has 1 aliphatic carbocycles. The Balaban J connectivity index is 1.16. The van der Waals surface area contributed by atoms with E-state index in [1.165, 1.54) is 0 Å². The number of ketones is 2. The molecule has 0 saturated heterocycles. The van der Waals surface area contributed by atoms with E-state index in [2.05, 4.69) is 20.4 Å². The molecule has 0 radical (unpaired) electrons. The summed E-state index contributed by atoms with van der Waals surface area (Å²) in [6, 6.07) is 23.1. The number of carbonyl (C=O) groups excluding carboxylic acids is 2. The Morgan fingerprint density at radius 2 is 1.09 bits per heavy atom. The van der Waals surface area contributed by atoms with Gasteiger partial charge >= 0.3 is 0 Å². The highest BCUT2D eigenvalue weighted by Gasteiger charge is 2.25. The van der Waals surface area contributed by atoms with E-state index in [1.807, 2.05) is 72.8 Å². The third-order valence-electron chi connectivity index (χ3n) is 8.07. The van der Waals surface area contributed by atoms with Crippen molar-refractivity contribution in [2.45, 2.75) is 69.6 Å². The number of methoxy groups -OCH3 is 2. The lowest BCUT2D eigenvalue weighted by Gasteiger charge is -2.19. The number of carbonyl (C=O) groups is 2. The van der Waals surface area contributed by atoms with Gasteiger partial charge in [0.2, 0.25) is 0 Å². The van der Waals surface area contributed by atoms with Crippen LogP contribution in [0, 0.1) is 0 Å². The molecule has 0 bridgehead atoms. The van der Waals surface area contributed by atoms with Gasteiger partial charge in [0.05, 0.1) is 49.8 Å². The van der Waals surface area contributed by atoms with Crippen LogP contribution in [0.15, 0.2) is 72.8 Å². The zero-order chi connectivity index (χ0) is 30.0. The molecule has 5 rings (SSSR count). The van der Waals surface area contributed by atoms with Crippen molar-refractivity contribution in [3.05, 3.63) is 107 Å². The SMILES string of the molecule is COc1cccc(CC(=O)Cc2ccc([C@@H]3CCCC[C@@H](c4ccc(CC(=O)Cc5cccc(OC)c5)nn4)C3)nn2)c1. The lowest BCUT2D eigenvalue weighted by molar-refractivity contribution is -0.118. The van der Waals surface area contributed by atoms with E-state index in [4.69, 9.17) is 9.47 Å². The van der Waals surface area contributed by atoms with Crippen LogP contribution < -0.4 is 9.47 Å². The van der Waals surface area contributed by atoms with Crippen LogP contribution in [0.2, 0.25) is 0 Å². The van der Waals surface area contributed by atoms with Crippen LogP contribution in [-0.4, -0.2) is 46.2 Å². The number of benzene rings is 2. The van der Waals surface area contributed by atoms with Crippen LogP contribution in [0.5, 0.6) is 11.5 Å². The highest BCUT2D eigenvalue weighted by molar-refractivity contribution is 5.83. The molecule has 2 aromatic heterocycles. The lowest BCUT2D eigenvalue weighted by atomic mass is 9.88. The molecule has 2 atom stereocenters. The quantitative estimate of drug-likeness (QED) is 0.194. The lowest BCUT2D eigenvalue weighted by Crippen LogP contribution is -2.12. The Bertz CT molecular complexity index is 1410. The summed E-state index contributed by atoms with van der Waals surface area (Å²) in [5.41, 5.74) is 5.14. The predicted octanol–water partition coefficient (Wildman–Crippen LogP) is 5.82. The van der Waals surface area contributed by atoms with Crippen molar-refractivity contribution in [3.63, 3.8) is 0 Å². The van der Waals surface area contributed by atoms with Gasteiger partial charge in [-0.15, -0.1) is 0 Å². The van der Waals surface area contributed by atoms with Crippen LogP contribution in [0.3, 0.4) is 0 Å². The molecule has 0 spiro atoms. The molecule has 8 nitrogen and oxygen atoms in total. The Labute approximate surface area is 252 Å². The third-order valence-corrected chi connectivity index (χ3v) is 8.07. The first-order valence-electron chi connectivity index (χ1n) is 14.9.